The highest BCUT2D eigenvalue weighted by Crippen LogP contribution is 2.45. The summed E-state index contributed by atoms with van der Waals surface area (Å²) in [5.41, 5.74) is 5.30. The molecule has 0 spiro atoms. The van der Waals surface area contributed by atoms with E-state index in [4.69, 9.17) is 22.1 Å². The number of halogens is 3. The summed E-state index contributed by atoms with van der Waals surface area (Å²) >= 11 is 5.88. The minimum absolute atomic E-state index is 0.0367. The highest BCUT2D eigenvalue weighted by Gasteiger charge is 2.43. The van der Waals surface area contributed by atoms with E-state index in [1.54, 1.807) is 0 Å². The van der Waals surface area contributed by atoms with Gasteiger partial charge in [0.1, 0.15) is 0 Å². The first-order valence-electron chi connectivity index (χ1n) is 4.94. The van der Waals surface area contributed by atoms with Gasteiger partial charge in [0.25, 0.3) is 0 Å². The monoisotopic (exact) mass is 247 g/mol. The lowest BCUT2D eigenvalue weighted by atomic mass is 10.0. The number of hydrogen-bond acceptors (Lipinski definition) is 2. The van der Waals surface area contributed by atoms with E-state index in [1.165, 1.54) is 13.2 Å². The van der Waals surface area contributed by atoms with Crippen LogP contribution < -0.4 is 5.73 Å². The maximum Gasteiger partial charge on any atom is 0.166 e. The van der Waals surface area contributed by atoms with E-state index < -0.39 is 17.2 Å². The Labute approximate surface area is 97.3 Å². The van der Waals surface area contributed by atoms with Crippen molar-refractivity contribution >= 4 is 11.6 Å². The lowest BCUT2D eigenvalue weighted by Crippen LogP contribution is -2.21. The van der Waals surface area contributed by atoms with Crippen molar-refractivity contribution in [2.45, 2.75) is 25.0 Å². The van der Waals surface area contributed by atoms with Crippen molar-refractivity contribution in [3.8, 4) is 0 Å². The molecule has 16 heavy (non-hydrogen) atoms. The molecule has 0 atom stereocenters. The van der Waals surface area contributed by atoms with E-state index in [0.717, 1.165) is 0 Å². The van der Waals surface area contributed by atoms with Crippen molar-refractivity contribution in [1.82, 2.24) is 0 Å². The first-order valence-corrected chi connectivity index (χ1v) is 5.32. The summed E-state index contributed by atoms with van der Waals surface area (Å²) in [6, 6.07) is 1.40. The molecule has 0 unspecified atom stereocenters. The second-order valence-corrected chi connectivity index (χ2v) is 4.51. The van der Waals surface area contributed by atoms with Crippen LogP contribution >= 0.6 is 11.6 Å². The number of benzene rings is 1. The number of nitrogens with two attached hydrogens (primary N) is 1. The van der Waals surface area contributed by atoms with Crippen LogP contribution in [-0.4, -0.2) is 7.11 Å². The van der Waals surface area contributed by atoms with Crippen molar-refractivity contribution in [3.05, 3.63) is 33.9 Å². The van der Waals surface area contributed by atoms with Gasteiger partial charge in [-0.3, -0.25) is 0 Å². The van der Waals surface area contributed by atoms with E-state index >= 15 is 0 Å². The minimum Gasteiger partial charge on any atom is -0.380 e. The third-order valence-electron chi connectivity index (χ3n) is 2.87. The van der Waals surface area contributed by atoms with Gasteiger partial charge in [0.15, 0.2) is 11.6 Å². The summed E-state index contributed by atoms with van der Waals surface area (Å²) in [6.45, 7) is -0.0561. The van der Waals surface area contributed by atoms with Crippen molar-refractivity contribution < 1.29 is 13.5 Å². The third-order valence-corrected chi connectivity index (χ3v) is 3.20. The number of methoxy groups -OCH3 is 1. The Morgan fingerprint density at radius 3 is 2.56 bits per heavy atom. The Hall–Kier alpha value is -0.710. The molecule has 1 aliphatic carbocycles. The van der Waals surface area contributed by atoms with Gasteiger partial charge >= 0.3 is 0 Å². The SMILES string of the molecule is COCc1c(Cl)cc(C2(N)CC2)c(F)c1F. The molecule has 0 bridgehead atoms. The topological polar surface area (TPSA) is 35.2 Å². The van der Waals surface area contributed by atoms with Crippen LogP contribution in [-0.2, 0) is 16.9 Å². The van der Waals surface area contributed by atoms with E-state index in [-0.39, 0.29) is 22.8 Å². The Balaban J connectivity index is 2.51. The summed E-state index contributed by atoms with van der Waals surface area (Å²) in [6.07, 6.45) is 1.31. The lowest BCUT2D eigenvalue weighted by Gasteiger charge is -2.14. The van der Waals surface area contributed by atoms with Crippen LogP contribution in [0.5, 0.6) is 0 Å². The van der Waals surface area contributed by atoms with Crippen LogP contribution in [0.3, 0.4) is 0 Å². The number of hydrogen-bond donors (Lipinski definition) is 1. The molecule has 0 aromatic heterocycles. The largest absolute Gasteiger partial charge is 0.380 e. The van der Waals surface area contributed by atoms with Gasteiger partial charge in [-0.05, 0) is 18.9 Å². The molecular weight excluding hydrogens is 236 g/mol. The molecule has 2 rings (SSSR count). The van der Waals surface area contributed by atoms with Crippen molar-refractivity contribution in [1.29, 1.82) is 0 Å². The summed E-state index contributed by atoms with van der Waals surface area (Å²) in [5.74, 6) is -1.86. The smallest absolute Gasteiger partial charge is 0.166 e. The molecule has 1 saturated carbocycles. The first-order chi connectivity index (χ1) is 7.49. The zero-order valence-corrected chi connectivity index (χ0v) is 9.57. The summed E-state index contributed by atoms with van der Waals surface area (Å²) in [5, 5.41) is 0.160. The fourth-order valence-corrected chi connectivity index (χ4v) is 1.92. The van der Waals surface area contributed by atoms with Gasteiger partial charge in [-0.25, -0.2) is 8.78 Å². The molecule has 5 heteroatoms. The van der Waals surface area contributed by atoms with Crippen LogP contribution in [0.4, 0.5) is 8.78 Å². The Morgan fingerprint density at radius 1 is 1.44 bits per heavy atom. The highest BCUT2D eigenvalue weighted by atomic mass is 35.5. The van der Waals surface area contributed by atoms with Crippen molar-refractivity contribution in [3.63, 3.8) is 0 Å². The van der Waals surface area contributed by atoms with Gasteiger partial charge in [-0.2, -0.15) is 0 Å². The molecule has 0 amide bonds. The molecule has 2 N–H and O–H groups in total. The fraction of sp³-hybridized carbons (Fsp3) is 0.455. The molecular formula is C11H12ClF2NO. The summed E-state index contributed by atoms with van der Waals surface area (Å²) in [4.78, 5) is 0. The lowest BCUT2D eigenvalue weighted by molar-refractivity contribution is 0.180. The zero-order chi connectivity index (χ0) is 11.9. The van der Waals surface area contributed by atoms with E-state index in [1.807, 2.05) is 0 Å². The van der Waals surface area contributed by atoms with Gasteiger partial charge < -0.3 is 10.5 Å². The van der Waals surface area contributed by atoms with Gasteiger partial charge in [-0.1, -0.05) is 11.6 Å². The third kappa shape index (κ3) is 1.81. The highest BCUT2D eigenvalue weighted by molar-refractivity contribution is 6.31. The molecule has 1 aromatic rings. The van der Waals surface area contributed by atoms with Gasteiger partial charge in [0.05, 0.1) is 6.61 Å². The molecule has 1 aliphatic rings. The van der Waals surface area contributed by atoms with Crippen molar-refractivity contribution in [2.75, 3.05) is 7.11 Å². The molecule has 2 nitrogen and oxygen atoms in total. The maximum absolute atomic E-state index is 13.7. The molecule has 1 fully saturated rings. The molecule has 88 valence electrons. The average molecular weight is 248 g/mol. The van der Waals surface area contributed by atoms with E-state index in [0.29, 0.717) is 12.8 Å². The first kappa shape index (κ1) is 11.8. The molecule has 1 aromatic carbocycles. The number of rotatable bonds is 3. The van der Waals surface area contributed by atoms with E-state index in [2.05, 4.69) is 0 Å². The molecule has 0 radical (unpaired) electrons. The summed E-state index contributed by atoms with van der Waals surface area (Å²) in [7, 11) is 1.40. The van der Waals surface area contributed by atoms with Crippen molar-refractivity contribution in [2.24, 2.45) is 5.73 Å². The Bertz CT molecular complexity index is 432. The fourth-order valence-electron chi connectivity index (χ4n) is 1.68. The molecule has 0 heterocycles. The predicted molar refractivity (Wildman–Crippen MR) is 57.2 cm³/mol. The van der Waals surface area contributed by atoms with Gasteiger partial charge in [-0.15, -0.1) is 0 Å². The normalized spacial score (nSPS) is 17.6. The Morgan fingerprint density at radius 2 is 2.06 bits per heavy atom. The quantitative estimate of drug-likeness (QED) is 0.834. The van der Waals surface area contributed by atoms with Crippen LogP contribution in [0.1, 0.15) is 24.0 Å². The van der Waals surface area contributed by atoms with Crippen LogP contribution in [0.25, 0.3) is 0 Å². The van der Waals surface area contributed by atoms with Gasteiger partial charge in [0, 0.05) is 28.8 Å². The second kappa shape index (κ2) is 3.95. The van der Waals surface area contributed by atoms with Crippen LogP contribution in [0.15, 0.2) is 6.07 Å². The van der Waals surface area contributed by atoms with Crippen LogP contribution in [0.2, 0.25) is 5.02 Å². The van der Waals surface area contributed by atoms with Crippen LogP contribution in [0, 0.1) is 11.6 Å². The minimum atomic E-state index is -0.957. The standard InChI is InChI=1S/C11H12ClF2NO/c1-16-5-6-8(12)4-7(10(14)9(6)13)11(15)2-3-11/h4H,2-3,5,15H2,1H3. The average Bonchev–Trinajstić information content (AvgIpc) is 2.98. The predicted octanol–water partition coefficient (Wildman–Crippen LogP) is 2.71. The molecule has 0 aliphatic heterocycles. The Kier molecular flexibility index (Phi) is 2.90. The zero-order valence-electron chi connectivity index (χ0n) is 8.82. The second-order valence-electron chi connectivity index (χ2n) is 4.10. The van der Waals surface area contributed by atoms with E-state index in [9.17, 15) is 8.78 Å². The summed E-state index contributed by atoms with van der Waals surface area (Å²) < 4.78 is 32.2. The molecule has 0 saturated heterocycles. The van der Waals surface area contributed by atoms with Gasteiger partial charge in [0.2, 0.25) is 0 Å². The maximum atomic E-state index is 13.7. The number of ether oxygens (including phenoxy) is 1.